The van der Waals surface area contributed by atoms with Crippen LogP contribution in [0.2, 0.25) is 0 Å². The maximum atomic E-state index is 12.6. The first-order valence-corrected chi connectivity index (χ1v) is 11.7. The number of aromatic nitrogens is 3. The number of nitrogens with zero attached hydrogens (tertiary/aromatic N) is 5. The number of hydrazine groups is 1. The van der Waals surface area contributed by atoms with E-state index in [2.05, 4.69) is 25.8 Å². The van der Waals surface area contributed by atoms with E-state index in [1.165, 1.54) is 11.8 Å². The van der Waals surface area contributed by atoms with Crippen LogP contribution in [0.4, 0.5) is 10.7 Å². The number of ether oxygens (including phenoxy) is 1. The van der Waals surface area contributed by atoms with Crippen molar-refractivity contribution in [1.82, 2.24) is 30.5 Å². The third-order valence-corrected chi connectivity index (χ3v) is 6.64. The fourth-order valence-electron chi connectivity index (χ4n) is 3.63. The maximum Gasteiger partial charge on any atom is 0.344 e. The van der Waals surface area contributed by atoms with Gasteiger partial charge in [0, 0.05) is 13.1 Å². The Bertz CT molecular complexity index is 1070. The molecule has 0 unspecified atom stereocenters. The van der Waals surface area contributed by atoms with Crippen molar-refractivity contribution in [3.05, 3.63) is 29.8 Å². The van der Waals surface area contributed by atoms with Crippen molar-refractivity contribution in [2.45, 2.75) is 37.9 Å². The molecule has 0 radical (unpaired) electrons. The van der Waals surface area contributed by atoms with E-state index in [0.29, 0.717) is 43.8 Å². The standard InChI is InChI=1S/C21H27N7O4S/c1-4-21(3)17(30)28(19(31)22-21)25-16(29)13-33-20-24-23-18(26-8-10-32-11-9-26)27(20)15-7-5-6-14(2)12-15/h5-7,12H,4,8-11,13H2,1-3H3,(H,22,31)(H,25,29)/t21-/m0/s1. The van der Waals surface area contributed by atoms with Crippen molar-refractivity contribution in [2.24, 2.45) is 0 Å². The molecule has 0 saturated carbocycles. The number of thioether (sulfide) groups is 1. The van der Waals surface area contributed by atoms with Gasteiger partial charge in [0.25, 0.3) is 5.91 Å². The number of aryl methyl sites for hydroxylation is 1. The molecule has 0 bridgehead atoms. The molecule has 2 aliphatic heterocycles. The highest BCUT2D eigenvalue weighted by molar-refractivity contribution is 7.99. The summed E-state index contributed by atoms with van der Waals surface area (Å²) in [6.45, 7) is 8.02. The van der Waals surface area contributed by atoms with E-state index in [1.54, 1.807) is 13.8 Å². The van der Waals surface area contributed by atoms with Crippen LogP contribution in [-0.4, -0.2) is 75.2 Å². The van der Waals surface area contributed by atoms with Crippen LogP contribution < -0.4 is 15.6 Å². The summed E-state index contributed by atoms with van der Waals surface area (Å²) in [6.07, 6.45) is 0.419. The molecule has 0 aliphatic carbocycles. The molecular formula is C21H27N7O4S. The van der Waals surface area contributed by atoms with Crippen LogP contribution in [0.5, 0.6) is 0 Å². The lowest BCUT2D eigenvalue weighted by Gasteiger charge is -2.28. The minimum absolute atomic E-state index is 0.0487. The number of imide groups is 1. The van der Waals surface area contributed by atoms with Crippen molar-refractivity contribution in [3.8, 4) is 5.69 Å². The number of urea groups is 1. The lowest BCUT2D eigenvalue weighted by atomic mass is 10.00. The summed E-state index contributed by atoms with van der Waals surface area (Å²) < 4.78 is 7.37. The van der Waals surface area contributed by atoms with E-state index in [0.717, 1.165) is 16.3 Å². The topological polar surface area (TPSA) is 122 Å². The molecule has 4 rings (SSSR count). The van der Waals surface area contributed by atoms with Gasteiger partial charge >= 0.3 is 6.03 Å². The van der Waals surface area contributed by atoms with Crippen molar-refractivity contribution in [2.75, 3.05) is 37.0 Å². The molecular weight excluding hydrogens is 446 g/mol. The smallest absolute Gasteiger partial charge is 0.344 e. The highest BCUT2D eigenvalue weighted by atomic mass is 32.2. The SMILES string of the molecule is CC[C@]1(C)NC(=O)N(NC(=O)CSc2nnc(N3CCOCC3)n2-c2cccc(C)c2)C1=O. The van der Waals surface area contributed by atoms with Gasteiger partial charge in [-0.2, -0.15) is 5.01 Å². The predicted octanol–water partition coefficient (Wildman–Crippen LogP) is 1.26. The molecule has 12 heteroatoms. The fourth-order valence-corrected chi connectivity index (χ4v) is 4.37. The average Bonchev–Trinajstić information content (AvgIpc) is 3.33. The summed E-state index contributed by atoms with van der Waals surface area (Å²) in [5.41, 5.74) is 3.36. The molecule has 33 heavy (non-hydrogen) atoms. The number of hydrogen-bond acceptors (Lipinski definition) is 8. The summed E-state index contributed by atoms with van der Waals surface area (Å²) in [5, 5.41) is 12.6. The molecule has 1 atom stereocenters. The van der Waals surface area contributed by atoms with Gasteiger partial charge in [-0.05, 0) is 38.0 Å². The van der Waals surface area contributed by atoms with E-state index in [-0.39, 0.29) is 5.75 Å². The number of nitrogens with one attached hydrogen (secondary N) is 2. The summed E-state index contributed by atoms with van der Waals surface area (Å²) in [4.78, 5) is 39.3. The second-order valence-electron chi connectivity index (χ2n) is 8.14. The molecule has 2 aliphatic rings. The van der Waals surface area contributed by atoms with Gasteiger partial charge in [-0.15, -0.1) is 10.2 Å². The van der Waals surface area contributed by atoms with Gasteiger partial charge in [-0.1, -0.05) is 30.8 Å². The number of carbonyl (C=O) groups is 3. The number of carbonyl (C=O) groups excluding carboxylic acids is 3. The Morgan fingerprint density at radius 3 is 2.70 bits per heavy atom. The molecule has 2 fully saturated rings. The third-order valence-electron chi connectivity index (χ3n) is 5.71. The number of benzene rings is 1. The van der Waals surface area contributed by atoms with Crippen LogP contribution in [0.3, 0.4) is 0 Å². The summed E-state index contributed by atoms with van der Waals surface area (Å²) in [6, 6.07) is 7.31. The van der Waals surface area contributed by atoms with Crippen molar-refractivity contribution in [3.63, 3.8) is 0 Å². The number of hydrogen-bond donors (Lipinski definition) is 2. The Kier molecular flexibility index (Phi) is 6.56. The summed E-state index contributed by atoms with van der Waals surface area (Å²) in [5.74, 6) is -0.339. The minimum atomic E-state index is -1.02. The monoisotopic (exact) mass is 473 g/mol. The Labute approximate surface area is 195 Å². The van der Waals surface area contributed by atoms with Crippen LogP contribution in [-0.2, 0) is 14.3 Å². The minimum Gasteiger partial charge on any atom is -0.378 e. The zero-order valence-corrected chi connectivity index (χ0v) is 19.6. The number of anilines is 1. The summed E-state index contributed by atoms with van der Waals surface area (Å²) >= 11 is 1.18. The van der Waals surface area contributed by atoms with Gasteiger partial charge in [0.2, 0.25) is 11.9 Å². The molecule has 2 saturated heterocycles. The van der Waals surface area contributed by atoms with E-state index in [9.17, 15) is 14.4 Å². The first-order chi connectivity index (χ1) is 15.8. The van der Waals surface area contributed by atoms with Gasteiger partial charge in [0.15, 0.2) is 5.16 Å². The van der Waals surface area contributed by atoms with E-state index >= 15 is 0 Å². The molecule has 176 valence electrons. The molecule has 0 spiro atoms. The molecule has 2 aromatic rings. The maximum absolute atomic E-state index is 12.6. The van der Waals surface area contributed by atoms with Crippen LogP contribution in [0.1, 0.15) is 25.8 Å². The molecule has 3 heterocycles. The van der Waals surface area contributed by atoms with Crippen LogP contribution in [0.25, 0.3) is 5.69 Å². The van der Waals surface area contributed by atoms with Crippen molar-refractivity contribution >= 4 is 35.6 Å². The molecule has 1 aromatic heterocycles. The van der Waals surface area contributed by atoms with E-state index in [4.69, 9.17) is 4.74 Å². The highest BCUT2D eigenvalue weighted by Crippen LogP contribution is 2.28. The Morgan fingerprint density at radius 2 is 2.03 bits per heavy atom. The highest BCUT2D eigenvalue weighted by Gasteiger charge is 2.47. The van der Waals surface area contributed by atoms with Gasteiger partial charge in [-0.3, -0.25) is 19.6 Å². The van der Waals surface area contributed by atoms with E-state index in [1.807, 2.05) is 35.8 Å². The lowest BCUT2D eigenvalue weighted by Crippen LogP contribution is -2.49. The Balaban J connectivity index is 1.51. The molecule has 2 N–H and O–H groups in total. The van der Waals surface area contributed by atoms with Gasteiger partial charge in [0.05, 0.1) is 24.7 Å². The third kappa shape index (κ3) is 4.67. The fraction of sp³-hybridized carbons (Fsp3) is 0.476. The number of morpholine rings is 1. The van der Waals surface area contributed by atoms with Gasteiger partial charge in [0.1, 0.15) is 5.54 Å². The van der Waals surface area contributed by atoms with Crippen molar-refractivity contribution in [1.29, 1.82) is 0 Å². The zero-order chi connectivity index (χ0) is 23.6. The molecule has 1 aromatic carbocycles. The zero-order valence-electron chi connectivity index (χ0n) is 18.8. The first kappa shape index (κ1) is 23.1. The molecule has 11 nitrogen and oxygen atoms in total. The summed E-state index contributed by atoms with van der Waals surface area (Å²) in [7, 11) is 0. The van der Waals surface area contributed by atoms with Crippen LogP contribution in [0, 0.1) is 6.92 Å². The number of amides is 4. The largest absolute Gasteiger partial charge is 0.378 e. The van der Waals surface area contributed by atoms with Crippen molar-refractivity contribution < 1.29 is 19.1 Å². The van der Waals surface area contributed by atoms with Crippen LogP contribution in [0.15, 0.2) is 29.4 Å². The Morgan fingerprint density at radius 1 is 1.27 bits per heavy atom. The van der Waals surface area contributed by atoms with E-state index < -0.39 is 23.4 Å². The first-order valence-electron chi connectivity index (χ1n) is 10.8. The second-order valence-corrected chi connectivity index (χ2v) is 9.08. The normalized spacial score (nSPS) is 20.8. The molecule has 4 amide bonds. The Hall–Kier alpha value is -3.12. The predicted molar refractivity (Wildman–Crippen MR) is 122 cm³/mol. The average molecular weight is 474 g/mol. The second kappa shape index (κ2) is 9.40. The number of rotatable bonds is 7. The van der Waals surface area contributed by atoms with Crippen LogP contribution >= 0.6 is 11.8 Å². The van der Waals surface area contributed by atoms with Gasteiger partial charge < -0.3 is 15.0 Å². The van der Waals surface area contributed by atoms with Gasteiger partial charge in [-0.25, -0.2) is 4.79 Å². The lowest BCUT2D eigenvalue weighted by molar-refractivity contribution is -0.137. The quantitative estimate of drug-likeness (QED) is 0.455.